The number of nitrogen functional groups attached to an aromatic ring is 1. The molecule has 3 N–H and O–H groups in total. The molecule has 0 radical (unpaired) electrons. The van der Waals surface area contributed by atoms with Gasteiger partial charge in [-0.3, -0.25) is 0 Å². The summed E-state index contributed by atoms with van der Waals surface area (Å²) in [5.41, 5.74) is 7.29. The van der Waals surface area contributed by atoms with Crippen LogP contribution in [0.15, 0.2) is 24.5 Å². The summed E-state index contributed by atoms with van der Waals surface area (Å²) in [4.78, 5) is 12.4. The van der Waals surface area contributed by atoms with Crippen LogP contribution < -0.4 is 11.1 Å². The zero-order chi connectivity index (χ0) is 13.0. The van der Waals surface area contributed by atoms with Crippen LogP contribution in [0, 0.1) is 18.3 Å². The largest absolute Gasteiger partial charge is 0.397 e. The van der Waals surface area contributed by atoms with E-state index >= 15 is 0 Å². The van der Waals surface area contributed by atoms with Gasteiger partial charge in [0.25, 0.3) is 0 Å². The number of anilines is 2. The van der Waals surface area contributed by atoms with Gasteiger partial charge in [0.1, 0.15) is 17.7 Å². The van der Waals surface area contributed by atoms with Gasteiger partial charge in [-0.15, -0.1) is 0 Å². The summed E-state index contributed by atoms with van der Waals surface area (Å²) in [5.74, 6) is 1.21. The number of nitrogens with one attached hydrogen (secondary N) is 1. The van der Waals surface area contributed by atoms with Crippen molar-refractivity contribution in [1.29, 1.82) is 5.26 Å². The lowest BCUT2D eigenvalue weighted by atomic mass is 10.2. The first-order valence-electron chi connectivity index (χ1n) is 5.37. The van der Waals surface area contributed by atoms with E-state index in [9.17, 15) is 0 Å². The second-order valence-corrected chi connectivity index (χ2v) is 3.73. The van der Waals surface area contributed by atoms with Gasteiger partial charge in [0.2, 0.25) is 0 Å². The number of nitriles is 1. The highest BCUT2D eigenvalue weighted by Crippen LogP contribution is 2.14. The molecule has 2 aromatic rings. The van der Waals surface area contributed by atoms with Crippen molar-refractivity contribution in [3.05, 3.63) is 41.6 Å². The van der Waals surface area contributed by atoms with Gasteiger partial charge in [0, 0.05) is 6.20 Å². The van der Waals surface area contributed by atoms with E-state index in [2.05, 4.69) is 20.3 Å². The van der Waals surface area contributed by atoms with Crippen molar-refractivity contribution >= 4 is 11.5 Å². The molecule has 2 aromatic heterocycles. The van der Waals surface area contributed by atoms with Crippen LogP contribution in [0.5, 0.6) is 0 Å². The van der Waals surface area contributed by atoms with Gasteiger partial charge in [0.15, 0.2) is 0 Å². The average Bonchev–Trinajstić information content (AvgIpc) is 2.37. The van der Waals surface area contributed by atoms with Gasteiger partial charge in [0.05, 0.1) is 29.7 Å². The predicted molar refractivity (Wildman–Crippen MR) is 67.5 cm³/mol. The Kier molecular flexibility index (Phi) is 3.34. The topological polar surface area (TPSA) is 101 Å². The van der Waals surface area contributed by atoms with Crippen LogP contribution in [-0.4, -0.2) is 15.0 Å². The first-order chi connectivity index (χ1) is 8.69. The minimum absolute atomic E-state index is 0.417. The average molecular weight is 240 g/mol. The number of nitrogens with zero attached hydrogens (tertiary/aromatic N) is 4. The van der Waals surface area contributed by atoms with Crippen molar-refractivity contribution in [2.24, 2.45) is 0 Å². The Bertz CT molecular complexity index is 602. The summed E-state index contributed by atoms with van der Waals surface area (Å²) in [6.07, 6.45) is 3.20. The molecule has 0 amide bonds. The van der Waals surface area contributed by atoms with Crippen LogP contribution in [0.3, 0.4) is 0 Å². The van der Waals surface area contributed by atoms with Crippen molar-refractivity contribution in [1.82, 2.24) is 15.0 Å². The van der Waals surface area contributed by atoms with Crippen LogP contribution in [0.1, 0.15) is 17.1 Å². The number of hydrogen-bond donors (Lipinski definition) is 2. The molecule has 0 bridgehead atoms. The summed E-state index contributed by atoms with van der Waals surface area (Å²) in [6, 6.07) is 5.44. The lowest BCUT2D eigenvalue weighted by Crippen LogP contribution is -2.06. The van der Waals surface area contributed by atoms with Gasteiger partial charge in [-0.2, -0.15) is 5.26 Å². The predicted octanol–water partition coefficient (Wildman–Crippen LogP) is 1.25. The minimum Gasteiger partial charge on any atom is -0.397 e. The number of aromatic nitrogens is 3. The van der Waals surface area contributed by atoms with E-state index in [1.165, 1.54) is 6.20 Å². The molecule has 18 heavy (non-hydrogen) atoms. The molecular formula is C12H12N6. The molecule has 90 valence electrons. The molecule has 2 rings (SSSR count). The summed E-state index contributed by atoms with van der Waals surface area (Å²) in [6.45, 7) is 2.31. The minimum atomic E-state index is 0.417. The summed E-state index contributed by atoms with van der Waals surface area (Å²) >= 11 is 0. The van der Waals surface area contributed by atoms with Gasteiger partial charge in [-0.05, 0) is 19.1 Å². The smallest absolute Gasteiger partial charge is 0.144 e. The highest BCUT2D eigenvalue weighted by molar-refractivity contribution is 5.57. The third-order valence-electron chi connectivity index (χ3n) is 2.30. The Labute approximate surface area is 105 Å². The normalized spacial score (nSPS) is 9.78. The number of nitrogens with two attached hydrogens (primary N) is 1. The molecule has 0 fully saturated rings. The Hall–Kier alpha value is -2.68. The molecule has 0 spiro atoms. The first-order valence-corrected chi connectivity index (χ1v) is 5.37. The third kappa shape index (κ3) is 2.71. The van der Waals surface area contributed by atoms with E-state index in [1.807, 2.05) is 19.1 Å². The number of hydrogen-bond acceptors (Lipinski definition) is 6. The molecule has 0 unspecified atom stereocenters. The zero-order valence-electron chi connectivity index (χ0n) is 9.88. The Morgan fingerprint density at radius 1 is 1.44 bits per heavy atom. The fourth-order valence-corrected chi connectivity index (χ4v) is 1.48. The van der Waals surface area contributed by atoms with Crippen molar-refractivity contribution in [3.63, 3.8) is 0 Å². The Morgan fingerprint density at radius 3 is 3.00 bits per heavy atom. The Morgan fingerprint density at radius 2 is 2.28 bits per heavy atom. The first kappa shape index (κ1) is 11.8. The summed E-state index contributed by atoms with van der Waals surface area (Å²) < 4.78 is 0. The lowest BCUT2D eigenvalue weighted by molar-refractivity contribution is 0.949. The monoisotopic (exact) mass is 240 g/mol. The van der Waals surface area contributed by atoms with Crippen molar-refractivity contribution in [2.75, 3.05) is 11.1 Å². The van der Waals surface area contributed by atoms with Crippen LogP contribution >= 0.6 is 0 Å². The van der Waals surface area contributed by atoms with E-state index in [0.29, 0.717) is 29.4 Å². The maximum absolute atomic E-state index is 8.97. The van der Waals surface area contributed by atoms with Crippen LogP contribution in [0.25, 0.3) is 0 Å². The molecule has 0 saturated heterocycles. The van der Waals surface area contributed by atoms with Gasteiger partial charge < -0.3 is 11.1 Å². The van der Waals surface area contributed by atoms with E-state index in [-0.39, 0.29) is 0 Å². The summed E-state index contributed by atoms with van der Waals surface area (Å²) in [5, 5.41) is 12.0. The fraction of sp³-hybridized carbons (Fsp3) is 0.167. The highest BCUT2D eigenvalue weighted by atomic mass is 15.0. The lowest BCUT2D eigenvalue weighted by Gasteiger charge is -2.07. The third-order valence-corrected chi connectivity index (χ3v) is 2.30. The number of aryl methyl sites for hydroxylation is 1. The Balaban J connectivity index is 2.14. The van der Waals surface area contributed by atoms with E-state index in [0.717, 1.165) is 5.69 Å². The molecule has 0 saturated carbocycles. The number of pyridine rings is 1. The van der Waals surface area contributed by atoms with Crippen molar-refractivity contribution < 1.29 is 0 Å². The van der Waals surface area contributed by atoms with E-state index in [1.54, 1.807) is 12.3 Å². The second kappa shape index (κ2) is 5.10. The molecule has 0 aliphatic carbocycles. The van der Waals surface area contributed by atoms with Crippen LogP contribution in [0.2, 0.25) is 0 Å². The molecule has 0 atom stereocenters. The second-order valence-electron chi connectivity index (χ2n) is 3.73. The standard InChI is InChI=1S/C12H12N6/c1-8-15-3-2-11(18-8)7-17-12-9(5-13)4-10(14)6-16-12/h2-4,6H,7,14H2,1H3,(H,16,17). The molecule has 0 aromatic carbocycles. The SMILES string of the molecule is Cc1nccc(CNc2ncc(N)cc2C#N)n1. The molecule has 6 heteroatoms. The van der Waals surface area contributed by atoms with Gasteiger partial charge in [-0.25, -0.2) is 15.0 Å². The fourth-order valence-electron chi connectivity index (χ4n) is 1.48. The van der Waals surface area contributed by atoms with E-state index in [4.69, 9.17) is 11.0 Å². The molecular weight excluding hydrogens is 228 g/mol. The zero-order valence-corrected chi connectivity index (χ0v) is 9.88. The maximum Gasteiger partial charge on any atom is 0.144 e. The molecule has 0 aliphatic heterocycles. The molecule has 6 nitrogen and oxygen atoms in total. The van der Waals surface area contributed by atoms with Crippen molar-refractivity contribution in [2.45, 2.75) is 13.5 Å². The highest BCUT2D eigenvalue weighted by Gasteiger charge is 2.04. The maximum atomic E-state index is 8.97. The number of rotatable bonds is 3. The van der Waals surface area contributed by atoms with Crippen LogP contribution in [0.4, 0.5) is 11.5 Å². The van der Waals surface area contributed by atoms with Gasteiger partial charge in [-0.1, -0.05) is 0 Å². The van der Waals surface area contributed by atoms with Gasteiger partial charge >= 0.3 is 0 Å². The molecule has 2 heterocycles. The summed E-state index contributed by atoms with van der Waals surface area (Å²) in [7, 11) is 0. The van der Waals surface area contributed by atoms with Crippen molar-refractivity contribution in [3.8, 4) is 6.07 Å². The quantitative estimate of drug-likeness (QED) is 0.837. The van der Waals surface area contributed by atoms with Crippen LogP contribution in [-0.2, 0) is 6.54 Å². The van der Waals surface area contributed by atoms with E-state index < -0.39 is 0 Å². The molecule has 0 aliphatic rings.